The van der Waals surface area contributed by atoms with Crippen LogP contribution < -0.4 is 0 Å². The summed E-state index contributed by atoms with van der Waals surface area (Å²) in [5.74, 6) is 0.612. The molecule has 0 atom stereocenters. The van der Waals surface area contributed by atoms with E-state index in [1.54, 1.807) is 14.2 Å². The summed E-state index contributed by atoms with van der Waals surface area (Å²) in [7, 11) is 8.17. The molecule has 182 valence electrons. The molecular formula is C30H34Cl2O2Zn. The minimum atomic E-state index is 0.612. The quantitative estimate of drug-likeness (QED) is 0.138. The van der Waals surface area contributed by atoms with Crippen LogP contribution in [-0.4, -0.2) is 14.2 Å². The Balaban J connectivity index is 0.000000431. The molecule has 0 saturated carbocycles. The van der Waals surface area contributed by atoms with Crippen molar-refractivity contribution in [1.82, 2.24) is 0 Å². The van der Waals surface area contributed by atoms with Crippen molar-refractivity contribution >= 4 is 21.3 Å². The van der Waals surface area contributed by atoms with Gasteiger partial charge in [-0.2, -0.15) is 24.6 Å². The molecule has 0 aliphatic carbocycles. The van der Waals surface area contributed by atoms with Gasteiger partial charge in [-0.05, 0) is 16.7 Å². The number of alkyl halides is 1. The molecule has 4 aromatic carbocycles. The summed E-state index contributed by atoms with van der Waals surface area (Å²) in [5.41, 5.74) is 4.69. The van der Waals surface area contributed by atoms with Gasteiger partial charge in [0.25, 0.3) is 0 Å². The minimum absolute atomic E-state index is 0.612. The van der Waals surface area contributed by atoms with Crippen molar-refractivity contribution in [2.45, 2.75) is 19.1 Å². The van der Waals surface area contributed by atoms with Crippen LogP contribution >= 0.6 is 21.3 Å². The van der Waals surface area contributed by atoms with Crippen molar-refractivity contribution in [2.75, 3.05) is 14.2 Å². The Morgan fingerprint density at radius 1 is 0.543 bits per heavy atom. The van der Waals surface area contributed by atoms with Crippen molar-refractivity contribution in [3.05, 3.63) is 151 Å². The Kier molecular flexibility index (Phi) is 23.5. The molecule has 4 rings (SSSR count). The van der Waals surface area contributed by atoms with Crippen LogP contribution in [0.5, 0.6) is 0 Å². The number of ether oxygens (including phenoxy) is 2. The number of methoxy groups -OCH3 is 2. The molecule has 0 fully saturated rings. The Labute approximate surface area is 230 Å². The van der Waals surface area contributed by atoms with E-state index in [4.69, 9.17) is 30.8 Å². The van der Waals surface area contributed by atoms with Crippen LogP contribution in [0.25, 0.3) is 0 Å². The van der Waals surface area contributed by atoms with Crippen LogP contribution in [0.2, 0.25) is 0 Å². The van der Waals surface area contributed by atoms with Gasteiger partial charge < -0.3 is 9.47 Å². The average Bonchev–Trinajstić information content (AvgIpc) is 2.93. The van der Waals surface area contributed by atoms with Gasteiger partial charge in [-0.25, -0.2) is 0 Å². The van der Waals surface area contributed by atoms with Crippen LogP contribution in [0.3, 0.4) is 0 Å². The first kappa shape index (κ1) is 32.9. The molecule has 0 spiro atoms. The number of hydrogen-bond acceptors (Lipinski definition) is 2. The molecule has 0 aliphatic heterocycles. The first-order valence-corrected chi connectivity index (χ1v) is 15.4. The van der Waals surface area contributed by atoms with Crippen LogP contribution in [-0.2, 0) is 45.9 Å². The molecule has 35 heavy (non-hydrogen) atoms. The Morgan fingerprint density at radius 2 is 0.829 bits per heavy atom. The van der Waals surface area contributed by atoms with Crippen molar-refractivity contribution in [2.24, 2.45) is 0 Å². The molecule has 4 aromatic rings. The summed E-state index contributed by atoms with van der Waals surface area (Å²) >= 11 is 6.37. The maximum absolute atomic E-state index is 5.53. The van der Waals surface area contributed by atoms with Gasteiger partial charge in [0.1, 0.15) is 0 Å². The van der Waals surface area contributed by atoms with Gasteiger partial charge in [-0.1, -0.05) is 97.1 Å². The number of benzene rings is 4. The summed E-state index contributed by atoms with van der Waals surface area (Å²) in [5, 5.41) is 0. The van der Waals surface area contributed by atoms with E-state index in [0.29, 0.717) is 19.1 Å². The molecule has 2 nitrogen and oxygen atoms in total. The summed E-state index contributed by atoms with van der Waals surface area (Å²) in [6.45, 7) is 5.14. The van der Waals surface area contributed by atoms with Crippen molar-refractivity contribution in [3.63, 3.8) is 0 Å². The zero-order valence-corrected chi connectivity index (χ0v) is 25.1. The Hall–Kier alpha value is -2.13. The third kappa shape index (κ3) is 19.8. The van der Waals surface area contributed by atoms with Gasteiger partial charge in [0.15, 0.2) is 0 Å². The standard InChI is InChI=1S/2C8H10O.C7H7Cl.C7H7.ClH.Zn/c2*1-9-7-8-5-3-2-4-6-8;8-6-7-4-2-1-3-5-7;1-7-5-3-2-4-6-7;;/h2*2-6H,7H2,1H3;1-5H,6H2;2-6H,1H2;1H;/q;;;-1;;+2/p-1. The van der Waals surface area contributed by atoms with E-state index in [1.165, 1.54) is 16.7 Å². The molecule has 0 unspecified atom stereocenters. The Morgan fingerprint density at radius 3 is 1.03 bits per heavy atom. The molecule has 0 amide bonds. The van der Waals surface area contributed by atoms with Gasteiger partial charge in [0, 0.05) is 20.1 Å². The van der Waals surface area contributed by atoms with E-state index < -0.39 is 0 Å². The van der Waals surface area contributed by atoms with E-state index in [2.05, 4.69) is 6.92 Å². The molecule has 0 aromatic heterocycles. The molecular weight excluding hydrogens is 529 g/mol. The summed E-state index contributed by atoms with van der Waals surface area (Å²) < 4.78 is 9.86. The molecule has 0 N–H and O–H groups in total. The molecule has 0 radical (unpaired) electrons. The predicted molar refractivity (Wildman–Crippen MR) is 147 cm³/mol. The van der Waals surface area contributed by atoms with Crippen LogP contribution in [0.4, 0.5) is 0 Å². The normalized spacial score (nSPS) is 8.86. The fraction of sp³-hybridized carbons (Fsp3) is 0.167. The van der Waals surface area contributed by atoms with Gasteiger partial charge in [-0.3, -0.25) is 0 Å². The number of halogens is 2. The second kappa shape index (κ2) is 25.0. The van der Waals surface area contributed by atoms with Crippen molar-refractivity contribution < 1.29 is 26.8 Å². The van der Waals surface area contributed by atoms with Crippen LogP contribution in [0.15, 0.2) is 121 Å². The fourth-order valence-electron chi connectivity index (χ4n) is 2.53. The van der Waals surface area contributed by atoms with E-state index in [0.717, 1.165) is 22.9 Å². The molecule has 5 heteroatoms. The third-order valence-electron chi connectivity index (χ3n) is 4.15. The summed E-state index contributed by atoms with van der Waals surface area (Å²) in [6.07, 6.45) is 0. The third-order valence-corrected chi connectivity index (χ3v) is 4.46. The van der Waals surface area contributed by atoms with Gasteiger partial charge in [-0.15, -0.1) is 23.7 Å². The molecule has 0 aliphatic rings. The van der Waals surface area contributed by atoms with Crippen molar-refractivity contribution in [3.8, 4) is 0 Å². The van der Waals surface area contributed by atoms with E-state index >= 15 is 0 Å². The monoisotopic (exact) mass is 560 g/mol. The average molecular weight is 563 g/mol. The van der Waals surface area contributed by atoms with Crippen LogP contribution in [0, 0.1) is 6.92 Å². The fourth-order valence-corrected chi connectivity index (χ4v) is 2.71. The van der Waals surface area contributed by atoms with Gasteiger partial charge in [0.2, 0.25) is 0 Å². The van der Waals surface area contributed by atoms with E-state index in [-0.39, 0.29) is 0 Å². The SMILES string of the molecule is COCc1ccccc1.COCc1ccccc1.ClCc1ccccc1.[CH2-]c1ccccc1.[Cl][Zn+]. The second-order valence-corrected chi connectivity index (χ2v) is 7.21. The zero-order valence-electron chi connectivity index (χ0n) is 20.7. The van der Waals surface area contributed by atoms with Crippen LogP contribution in [0.1, 0.15) is 22.3 Å². The topological polar surface area (TPSA) is 18.5 Å². The van der Waals surface area contributed by atoms with Gasteiger partial charge >= 0.3 is 27.0 Å². The molecule has 0 heterocycles. The molecule has 0 saturated heterocycles. The predicted octanol–water partition coefficient (Wildman–Crippen LogP) is 8.65. The maximum atomic E-state index is 5.53. The molecule has 0 bridgehead atoms. The van der Waals surface area contributed by atoms with Gasteiger partial charge in [0.05, 0.1) is 13.2 Å². The van der Waals surface area contributed by atoms with E-state index in [1.807, 2.05) is 121 Å². The Bertz CT molecular complexity index is 884. The first-order chi connectivity index (χ1) is 17.2. The summed E-state index contributed by atoms with van der Waals surface area (Å²) in [4.78, 5) is 0. The number of rotatable bonds is 5. The van der Waals surface area contributed by atoms with E-state index in [9.17, 15) is 0 Å². The first-order valence-electron chi connectivity index (χ1n) is 11.0. The zero-order chi connectivity index (χ0) is 26.0. The summed E-state index contributed by atoms with van der Waals surface area (Å²) in [6, 6.07) is 40.1. The second-order valence-electron chi connectivity index (χ2n) is 6.94. The number of hydrogen-bond donors (Lipinski definition) is 0. The van der Waals surface area contributed by atoms with Crippen molar-refractivity contribution in [1.29, 1.82) is 0 Å².